The van der Waals surface area contributed by atoms with Crippen molar-refractivity contribution in [2.45, 2.75) is 20.4 Å². The maximum absolute atomic E-state index is 13.3. The zero-order chi connectivity index (χ0) is 29.4. The monoisotopic (exact) mass is 550 g/mol. The summed E-state index contributed by atoms with van der Waals surface area (Å²) >= 11 is 0. The van der Waals surface area contributed by atoms with Crippen molar-refractivity contribution in [3.8, 4) is 11.3 Å². The third-order valence-electron chi connectivity index (χ3n) is 7.88. The number of benzene rings is 3. The Hall–Kier alpha value is -4.65. The van der Waals surface area contributed by atoms with Crippen LogP contribution in [0, 0.1) is 18.8 Å². The van der Waals surface area contributed by atoms with E-state index in [1.165, 1.54) is 0 Å². The summed E-state index contributed by atoms with van der Waals surface area (Å²) in [7, 11) is 7.87. The smallest absolute Gasteiger partial charge is 0.311 e. The Balaban J connectivity index is 1.65. The second-order valence-electron chi connectivity index (χ2n) is 11.1. The van der Waals surface area contributed by atoms with Gasteiger partial charge >= 0.3 is 5.97 Å². The van der Waals surface area contributed by atoms with E-state index >= 15 is 0 Å². The van der Waals surface area contributed by atoms with E-state index in [2.05, 4.69) is 5.32 Å². The van der Waals surface area contributed by atoms with Gasteiger partial charge < -0.3 is 19.7 Å². The fraction of sp³-hybridized carbons (Fsp3) is 0.265. The summed E-state index contributed by atoms with van der Waals surface area (Å²) in [6, 6.07) is 19.9. The number of carboxylic acids is 1. The quantitative estimate of drug-likeness (QED) is 0.263. The number of nitrogens with zero attached hydrogens (tertiary/aromatic N) is 2. The average molecular weight is 551 g/mol. The Kier molecular flexibility index (Phi) is 7.54. The van der Waals surface area contributed by atoms with Gasteiger partial charge in [-0.3, -0.25) is 9.59 Å². The second kappa shape index (κ2) is 11.1. The molecule has 41 heavy (non-hydrogen) atoms. The first kappa shape index (κ1) is 27.9. The number of hydrogen-bond acceptors (Lipinski definition) is 4. The molecule has 210 valence electrons. The van der Waals surface area contributed by atoms with Gasteiger partial charge in [-0.25, -0.2) is 4.58 Å². The molecule has 0 bridgehead atoms. The van der Waals surface area contributed by atoms with Gasteiger partial charge in [-0.05, 0) is 36.3 Å². The average Bonchev–Trinajstić information content (AvgIpc) is 2.94. The molecule has 0 fully saturated rings. The highest BCUT2D eigenvalue weighted by atomic mass is 16.4. The predicted molar refractivity (Wildman–Crippen MR) is 164 cm³/mol. The van der Waals surface area contributed by atoms with E-state index in [1.807, 2.05) is 112 Å². The van der Waals surface area contributed by atoms with Gasteiger partial charge in [0.05, 0.1) is 12.0 Å². The number of fused-ring (bicyclic) bond motifs is 2. The maximum atomic E-state index is 13.3. The lowest BCUT2D eigenvalue weighted by Crippen LogP contribution is -2.34. The SMILES string of the molecule is Cc1ccc(CNC(=O)C2=CC=C(c3c4ccc(=[N+](C)C)cc-4oc4cc(N(C)C)ccc34)C(C(=O)O)C2C)cc1. The lowest BCUT2D eigenvalue weighted by atomic mass is 9.74. The normalized spacial score (nSPS) is 16.7. The first-order chi connectivity index (χ1) is 19.5. The zero-order valence-corrected chi connectivity index (χ0v) is 24.4. The number of aliphatic carboxylic acids is 1. The first-order valence-electron chi connectivity index (χ1n) is 13.7. The zero-order valence-electron chi connectivity index (χ0n) is 24.4. The van der Waals surface area contributed by atoms with Gasteiger partial charge in [-0.1, -0.05) is 48.9 Å². The van der Waals surface area contributed by atoms with Crippen LogP contribution in [0.5, 0.6) is 0 Å². The molecule has 2 atom stereocenters. The number of carbonyl (C=O) groups excluding carboxylic acids is 1. The summed E-state index contributed by atoms with van der Waals surface area (Å²) in [6.07, 6.45) is 3.57. The first-order valence-corrected chi connectivity index (χ1v) is 13.7. The van der Waals surface area contributed by atoms with E-state index in [1.54, 1.807) is 12.2 Å². The van der Waals surface area contributed by atoms with Crippen molar-refractivity contribution >= 4 is 34.1 Å². The van der Waals surface area contributed by atoms with E-state index in [-0.39, 0.29) is 5.91 Å². The second-order valence-corrected chi connectivity index (χ2v) is 11.1. The van der Waals surface area contributed by atoms with E-state index in [9.17, 15) is 14.7 Å². The fourth-order valence-corrected chi connectivity index (χ4v) is 5.48. The van der Waals surface area contributed by atoms with Crippen LogP contribution in [0.1, 0.15) is 23.6 Å². The van der Waals surface area contributed by atoms with Crippen LogP contribution in [0.2, 0.25) is 0 Å². The minimum absolute atomic E-state index is 0.261. The molecule has 0 saturated carbocycles. The molecule has 0 aromatic heterocycles. The van der Waals surface area contributed by atoms with Crippen LogP contribution in [0.3, 0.4) is 0 Å². The summed E-state index contributed by atoms with van der Waals surface area (Å²) in [5, 5.41) is 15.3. The Morgan fingerprint density at radius 2 is 1.73 bits per heavy atom. The Labute approximate surface area is 240 Å². The third kappa shape index (κ3) is 5.40. The van der Waals surface area contributed by atoms with Crippen molar-refractivity contribution in [1.82, 2.24) is 9.89 Å². The standard InChI is InChI=1S/C34H35N3O4/c1-20-7-9-22(10-8-20)19-35-33(38)25-15-16-28(31(21(25)2)34(39)40)32-26-13-11-23(36(3)4)17-29(26)41-30-18-24(37(5)6)12-14-27(30)32/h7-18,21,31H,19H2,1-6H3,(H-,35,38,39,40)/p+1. The van der Waals surface area contributed by atoms with Gasteiger partial charge in [-0.2, -0.15) is 0 Å². The molecule has 2 aromatic carbocycles. The van der Waals surface area contributed by atoms with Gasteiger partial charge in [0.15, 0.2) is 0 Å². The van der Waals surface area contributed by atoms with Gasteiger partial charge in [0.25, 0.3) is 0 Å². The molecule has 7 heteroatoms. The molecular formula is C34H36N3O4+. The van der Waals surface area contributed by atoms with E-state index in [0.29, 0.717) is 29.0 Å². The molecule has 3 aliphatic rings. The summed E-state index contributed by atoms with van der Waals surface area (Å²) in [5.74, 6) is -2.04. The number of amides is 1. The van der Waals surface area contributed by atoms with Gasteiger partial charge in [0, 0.05) is 66.5 Å². The van der Waals surface area contributed by atoms with Crippen molar-refractivity contribution in [2.24, 2.45) is 11.8 Å². The lowest BCUT2D eigenvalue weighted by Gasteiger charge is -2.30. The Bertz CT molecular complexity index is 1760. The minimum atomic E-state index is -0.974. The van der Waals surface area contributed by atoms with Crippen LogP contribution in [0.15, 0.2) is 82.8 Å². The Morgan fingerprint density at radius 1 is 1.00 bits per heavy atom. The van der Waals surface area contributed by atoms with E-state index in [0.717, 1.165) is 38.7 Å². The number of nitrogens with one attached hydrogen (secondary N) is 1. The van der Waals surface area contributed by atoms with E-state index < -0.39 is 17.8 Å². The third-order valence-corrected chi connectivity index (χ3v) is 7.88. The molecular weight excluding hydrogens is 514 g/mol. The van der Waals surface area contributed by atoms with Gasteiger partial charge in [-0.15, -0.1) is 0 Å². The summed E-state index contributed by atoms with van der Waals surface area (Å²) in [4.78, 5) is 28.1. The number of allylic oxidation sites excluding steroid dienone is 2. The highest BCUT2D eigenvalue weighted by Gasteiger charge is 2.38. The minimum Gasteiger partial charge on any atom is -0.481 e. The van der Waals surface area contributed by atoms with Crippen LogP contribution in [-0.4, -0.2) is 45.2 Å². The molecule has 1 amide bonds. The lowest BCUT2D eigenvalue weighted by molar-refractivity contribution is -0.140. The number of carboxylic acid groups (broad SMARTS) is 1. The van der Waals surface area contributed by atoms with Crippen molar-refractivity contribution in [3.63, 3.8) is 0 Å². The number of anilines is 1. The van der Waals surface area contributed by atoms with Gasteiger partial charge in [0.1, 0.15) is 25.4 Å². The molecule has 7 nitrogen and oxygen atoms in total. The fourth-order valence-electron chi connectivity index (χ4n) is 5.48. The largest absolute Gasteiger partial charge is 0.481 e. The molecule has 2 N–H and O–H groups in total. The highest BCUT2D eigenvalue weighted by Crippen LogP contribution is 2.45. The van der Waals surface area contributed by atoms with Crippen molar-refractivity contribution in [1.29, 1.82) is 0 Å². The van der Waals surface area contributed by atoms with Gasteiger partial charge in [0.2, 0.25) is 11.3 Å². The molecule has 5 rings (SSSR count). The summed E-state index contributed by atoms with van der Waals surface area (Å²) < 4.78 is 8.42. The molecule has 1 heterocycles. The van der Waals surface area contributed by atoms with E-state index in [4.69, 9.17) is 4.42 Å². The molecule has 1 aliphatic heterocycles. The maximum Gasteiger partial charge on any atom is 0.311 e. The molecule has 0 spiro atoms. The molecule has 0 saturated heterocycles. The van der Waals surface area contributed by atoms with Crippen LogP contribution in [0.25, 0.3) is 27.9 Å². The predicted octanol–water partition coefficient (Wildman–Crippen LogP) is 4.92. The number of hydrogen-bond donors (Lipinski definition) is 2. The summed E-state index contributed by atoms with van der Waals surface area (Å²) in [5.41, 5.74) is 6.52. The molecule has 2 aliphatic carbocycles. The molecule has 0 radical (unpaired) electrons. The summed E-state index contributed by atoms with van der Waals surface area (Å²) in [6.45, 7) is 4.20. The number of aryl methyl sites for hydroxylation is 1. The van der Waals surface area contributed by atoms with Crippen molar-refractivity contribution < 1.29 is 19.1 Å². The topological polar surface area (TPSA) is 85.8 Å². The van der Waals surface area contributed by atoms with Crippen molar-refractivity contribution in [2.75, 3.05) is 33.1 Å². The highest BCUT2D eigenvalue weighted by molar-refractivity contribution is 6.06. The number of rotatable bonds is 6. The van der Waals surface area contributed by atoms with Crippen molar-refractivity contribution in [3.05, 3.63) is 100 Å². The molecule has 2 unspecified atom stereocenters. The van der Waals surface area contributed by atoms with Crippen LogP contribution >= 0.6 is 0 Å². The van der Waals surface area contributed by atoms with Crippen LogP contribution in [0.4, 0.5) is 5.69 Å². The number of carbonyl (C=O) groups is 2. The van der Waals surface area contributed by atoms with Crippen LogP contribution < -0.4 is 20.1 Å². The Morgan fingerprint density at radius 3 is 2.39 bits per heavy atom. The molecule has 2 aromatic rings. The van der Waals surface area contributed by atoms with Crippen LogP contribution in [-0.2, 0) is 16.1 Å².